The second-order valence-electron chi connectivity index (χ2n) is 3.98. The number of benzene rings is 1. The second-order valence-corrected chi connectivity index (χ2v) is 3.98. The topological polar surface area (TPSA) is 66.9 Å². The van der Waals surface area contributed by atoms with Crippen molar-refractivity contribution >= 4 is 11.4 Å². The molecule has 0 aliphatic heterocycles. The summed E-state index contributed by atoms with van der Waals surface area (Å²) in [7, 11) is 3.18. The number of hydrogen-bond donors (Lipinski definition) is 1. The monoisotopic (exact) mass is 257 g/mol. The van der Waals surface area contributed by atoms with Crippen LogP contribution in [0.1, 0.15) is 6.42 Å². The van der Waals surface area contributed by atoms with Gasteiger partial charge in [-0.2, -0.15) is 4.79 Å². The lowest BCUT2D eigenvalue weighted by atomic mass is 10.1. The van der Waals surface area contributed by atoms with E-state index >= 15 is 0 Å². The van der Waals surface area contributed by atoms with E-state index in [1.54, 1.807) is 20.3 Å². The molecule has 0 aromatic heterocycles. The molecule has 0 saturated carbocycles. The Hall–Kier alpha value is -2.52. The first-order valence-corrected chi connectivity index (χ1v) is 5.85. The highest BCUT2D eigenvalue weighted by atomic mass is 16.5. The smallest absolute Gasteiger partial charge is 0.337 e. The Labute approximate surface area is 111 Å². The average Bonchev–Trinajstić information content (AvgIpc) is 2.48. The Morgan fingerprint density at radius 2 is 1.89 bits per heavy atom. The van der Waals surface area contributed by atoms with Gasteiger partial charge in [0.25, 0.3) is 0 Å². The zero-order chi connectivity index (χ0) is 13.7. The van der Waals surface area contributed by atoms with Crippen molar-refractivity contribution < 1.29 is 14.3 Å². The highest BCUT2D eigenvalue weighted by Crippen LogP contribution is 2.20. The summed E-state index contributed by atoms with van der Waals surface area (Å²) in [5.41, 5.74) is 11.2. The summed E-state index contributed by atoms with van der Waals surface area (Å²) in [5.74, 6) is 1.37. The van der Waals surface area contributed by atoms with Crippen LogP contribution in [0.15, 0.2) is 47.9 Å². The first kappa shape index (κ1) is 12.9. The van der Waals surface area contributed by atoms with Crippen molar-refractivity contribution in [2.75, 3.05) is 19.5 Å². The number of nitrogens with one attached hydrogen (secondary N) is 1. The van der Waals surface area contributed by atoms with Crippen LogP contribution in [-0.4, -0.2) is 24.7 Å². The number of hydrogen-bond acceptors (Lipinski definition) is 3. The summed E-state index contributed by atoms with van der Waals surface area (Å²) in [6, 6.07) is 7.62. The molecular weight excluding hydrogens is 242 g/mol. The summed E-state index contributed by atoms with van der Waals surface area (Å²) >= 11 is 0. The molecule has 0 unspecified atom stereocenters. The lowest BCUT2D eigenvalue weighted by Crippen LogP contribution is -2.12. The summed E-state index contributed by atoms with van der Waals surface area (Å²) in [4.78, 5) is 3.20. The summed E-state index contributed by atoms with van der Waals surface area (Å²) in [6.45, 7) is 0. The molecule has 2 rings (SSSR count). The van der Waals surface area contributed by atoms with Crippen molar-refractivity contribution in [3.8, 4) is 5.75 Å². The first-order valence-electron chi connectivity index (χ1n) is 5.85. The average molecular weight is 257 g/mol. The van der Waals surface area contributed by atoms with E-state index in [0.717, 1.165) is 17.1 Å². The minimum atomic E-state index is 0.516. The van der Waals surface area contributed by atoms with Gasteiger partial charge in [-0.05, 0) is 30.3 Å². The van der Waals surface area contributed by atoms with Gasteiger partial charge in [0.15, 0.2) is 0 Å². The van der Waals surface area contributed by atoms with E-state index in [0.29, 0.717) is 17.9 Å². The van der Waals surface area contributed by atoms with Crippen molar-refractivity contribution in [1.29, 1.82) is 0 Å². The van der Waals surface area contributed by atoms with Crippen molar-refractivity contribution in [1.82, 2.24) is 0 Å². The van der Waals surface area contributed by atoms with Crippen LogP contribution >= 0.6 is 0 Å². The van der Waals surface area contributed by atoms with Crippen molar-refractivity contribution in [2.24, 2.45) is 0 Å². The third kappa shape index (κ3) is 3.03. The molecule has 0 saturated heterocycles. The van der Waals surface area contributed by atoms with Crippen LogP contribution in [0.4, 0.5) is 5.69 Å². The van der Waals surface area contributed by atoms with Gasteiger partial charge in [-0.25, -0.2) is 0 Å². The van der Waals surface area contributed by atoms with Crippen LogP contribution in [-0.2, 0) is 4.74 Å². The predicted molar refractivity (Wildman–Crippen MR) is 73.0 cm³/mol. The number of rotatable bonds is 4. The third-order valence-corrected chi connectivity index (χ3v) is 2.81. The molecule has 1 aliphatic rings. The van der Waals surface area contributed by atoms with E-state index in [9.17, 15) is 0 Å². The Balaban J connectivity index is 2.13. The highest BCUT2D eigenvalue weighted by molar-refractivity contribution is 5.97. The van der Waals surface area contributed by atoms with Gasteiger partial charge in [0.2, 0.25) is 5.76 Å². The molecule has 1 aromatic carbocycles. The van der Waals surface area contributed by atoms with Gasteiger partial charge < -0.3 is 20.3 Å². The SMILES string of the molecule is COC1=CC(Nc2ccc(OC)cc2)=CCC1=[N+]=[N-]. The fourth-order valence-corrected chi connectivity index (χ4v) is 1.79. The third-order valence-electron chi connectivity index (χ3n) is 2.81. The molecule has 0 amide bonds. The lowest BCUT2D eigenvalue weighted by Gasteiger charge is -2.12. The normalized spacial score (nSPS) is 14.1. The van der Waals surface area contributed by atoms with Crippen LogP contribution in [0, 0.1) is 0 Å². The maximum Gasteiger partial charge on any atom is 0.337 e. The largest absolute Gasteiger partial charge is 0.497 e. The van der Waals surface area contributed by atoms with Gasteiger partial charge in [-0.1, -0.05) is 0 Å². The lowest BCUT2D eigenvalue weighted by molar-refractivity contribution is -0.0109. The number of ether oxygens (including phenoxy) is 2. The Bertz CT molecular complexity index is 567. The van der Waals surface area contributed by atoms with Crippen molar-refractivity contribution in [3.63, 3.8) is 0 Å². The summed E-state index contributed by atoms with van der Waals surface area (Å²) in [5, 5.41) is 3.25. The minimum Gasteiger partial charge on any atom is -0.497 e. The Kier molecular flexibility index (Phi) is 4.00. The Morgan fingerprint density at radius 3 is 2.47 bits per heavy atom. The van der Waals surface area contributed by atoms with E-state index in [1.165, 1.54) is 0 Å². The summed E-state index contributed by atoms with van der Waals surface area (Å²) in [6.07, 6.45) is 4.25. The molecule has 5 nitrogen and oxygen atoms in total. The quantitative estimate of drug-likeness (QED) is 0.666. The molecule has 0 bridgehead atoms. The van der Waals surface area contributed by atoms with Crippen LogP contribution in [0.3, 0.4) is 0 Å². The van der Waals surface area contributed by atoms with Gasteiger partial charge in [0.05, 0.1) is 20.6 Å². The molecule has 19 heavy (non-hydrogen) atoms. The van der Waals surface area contributed by atoms with Gasteiger partial charge >= 0.3 is 5.71 Å². The van der Waals surface area contributed by atoms with Crippen LogP contribution in [0.25, 0.3) is 5.53 Å². The molecule has 1 aliphatic carbocycles. The molecule has 0 radical (unpaired) electrons. The van der Waals surface area contributed by atoms with Crippen LogP contribution in [0.5, 0.6) is 5.75 Å². The molecule has 0 fully saturated rings. The molecule has 98 valence electrons. The van der Waals surface area contributed by atoms with E-state index in [4.69, 9.17) is 15.0 Å². The number of nitrogens with zero attached hydrogens (tertiary/aromatic N) is 2. The van der Waals surface area contributed by atoms with Gasteiger partial charge in [0.1, 0.15) is 5.75 Å². The molecule has 5 heteroatoms. The van der Waals surface area contributed by atoms with Gasteiger partial charge in [-0.3, -0.25) is 0 Å². The molecule has 0 atom stereocenters. The Morgan fingerprint density at radius 1 is 1.16 bits per heavy atom. The first-order chi connectivity index (χ1) is 9.26. The number of allylic oxidation sites excluding steroid dienone is 3. The van der Waals surface area contributed by atoms with Crippen molar-refractivity contribution in [2.45, 2.75) is 6.42 Å². The van der Waals surface area contributed by atoms with Crippen molar-refractivity contribution in [3.05, 3.63) is 53.4 Å². The minimum absolute atomic E-state index is 0.516. The van der Waals surface area contributed by atoms with Gasteiger partial charge in [-0.15, -0.1) is 0 Å². The van der Waals surface area contributed by atoms with E-state index < -0.39 is 0 Å². The molecule has 0 spiro atoms. The van der Waals surface area contributed by atoms with E-state index in [-0.39, 0.29) is 0 Å². The summed E-state index contributed by atoms with van der Waals surface area (Å²) < 4.78 is 10.3. The molecular formula is C14H15N3O2. The fraction of sp³-hybridized carbons (Fsp3) is 0.214. The molecule has 1 N–H and O–H groups in total. The highest BCUT2D eigenvalue weighted by Gasteiger charge is 2.20. The standard InChI is InChI=1S/C14H15N3O2/c1-18-12-6-3-10(4-7-12)16-11-5-8-13(17-15)14(9-11)19-2/h3-7,9,16H,8H2,1-2H3. The van der Waals surface area contributed by atoms with E-state index in [1.807, 2.05) is 30.3 Å². The van der Waals surface area contributed by atoms with Crippen LogP contribution < -0.4 is 10.1 Å². The maximum absolute atomic E-state index is 8.83. The van der Waals surface area contributed by atoms with Crippen LogP contribution in [0.2, 0.25) is 0 Å². The predicted octanol–water partition coefficient (Wildman–Crippen LogP) is 2.60. The molecule has 0 heterocycles. The number of methoxy groups -OCH3 is 2. The number of anilines is 1. The zero-order valence-electron chi connectivity index (χ0n) is 10.9. The maximum atomic E-state index is 8.83. The fourth-order valence-electron chi connectivity index (χ4n) is 1.79. The van der Waals surface area contributed by atoms with Gasteiger partial charge in [0, 0.05) is 17.5 Å². The van der Waals surface area contributed by atoms with E-state index in [2.05, 4.69) is 10.1 Å². The second kappa shape index (κ2) is 5.89. The zero-order valence-corrected chi connectivity index (χ0v) is 10.9. The molecule has 1 aromatic rings.